The van der Waals surface area contributed by atoms with Crippen molar-refractivity contribution < 1.29 is 9.47 Å². The Bertz CT molecular complexity index is 462. The fourth-order valence-corrected chi connectivity index (χ4v) is 1.48. The van der Waals surface area contributed by atoms with Gasteiger partial charge in [0.15, 0.2) is 0 Å². The molecule has 0 atom stereocenters. The number of hydrogen-bond donors (Lipinski definition) is 0. The van der Waals surface area contributed by atoms with Gasteiger partial charge in [0.2, 0.25) is 5.88 Å². The molecule has 0 N–H and O–H groups in total. The smallest absolute Gasteiger partial charge is 0.213 e. The average Bonchev–Trinajstić information content (AvgIpc) is 2.38. The van der Waals surface area contributed by atoms with Crippen molar-refractivity contribution in [3.05, 3.63) is 53.7 Å². The van der Waals surface area contributed by atoms with Crippen LogP contribution in [0.4, 0.5) is 0 Å². The van der Waals surface area contributed by atoms with Crippen LogP contribution >= 0.6 is 11.6 Å². The molecule has 0 spiro atoms. The second kappa shape index (κ2) is 6.11. The van der Waals surface area contributed by atoms with E-state index in [0.717, 1.165) is 0 Å². The number of aromatic nitrogens is 1. The zero-order valence-electron chi connectivity index (χ0n) is 9.17. The Morgan fingerprint density at radius 1 is 0.941 bits per heavy atom. The summed E-state index contributed by atoms with van der Waals surface area (Å²) in [7, 11) is 0. The van der Waals surface area contributed by atoms with Crippen molar-refractivity contribution in [2.24, 2.45) is 0 Å². The van der Waals surface area contributed by atoms with E-state index in [4.69, 9.17) is 21.1 Å². The highest BCUT2D eigenvalue weighted by molar-refractivity contribution is 6.32. The van der Waals surface area contributed by atoms with E-state index in [-0.39, 0.29) is 0 Å². The zero-order valence-corrected chi connectivity index (χ0v) is 9.93. The second-order valence-corrected chi connectivity index (χ2v) is 3.70. The Hall–Kier alpha value is -1.74. The van der Waals surface area contributed by atoms with E-state index in [2.05, 4.69) is 4.98 Å². The van der Waals surface area contributed by atoms with Crippen molar-refractivity contribution in [1.29, 1.82) is 0 Å². The Labute approximate surface area is 105 Å². The number of para-hydroxylation sites is 1. The van der Waals surface area contributed by atoms with Crippen molar-refractivity contribution in [3.63, 3.8) is 0 Å². The van der Waals surface area contributed by atoms with Gasteiger partial charge in [-0.05, 0) is 18.2 Å². The molecule has 0 aliphatic rings. The van der Waals surface area contributed by atoms with E-state index in [0.29, 0.717) is 29.9 Å². The molecule has 17 heavy (non-hydrogen) atoms. The third-order valence-electron chi connectivity index (χ3n) is 2.07. The topological polar surface area (TPSA) is 31.4 Å². The molecule has 0 fully saturated rings. The van der Waals surface area contributed by atoms with Gasteiger partial charge in [0, 0.05) is 12.3 Å². The molecule has 1 heterocycles. The van der Waals surface area contributed by atoms with E-state index >= 15 is 0 Å². The molecule has 0 saturated carbocycles. The molecule has 0 radical (unpaired) electrons. The highest BCUT2D eigenvalue weighted by Gasteiger charge is 1.99. The number of nitrogens with zero attached hydrogens (tertiary/aromatic N) is 1. The van der Waals surface area contributed by atoms with Crippen LogP contribution in [-0.4, -0.2) is 18.2 Å². The van der Waals surface area contributed by atoms with Crippen LogP contribution in [0.15, 0.2) is 48.7 Å². The number of pyridine rings is 1. The summed E-state index contributed by atoms with van der Waals surface area (Å²) in [5.41, 5.74) is 0. The lowest BCUT2D eigenvalue weighted by molar-refractivity contribution is 0.212. The van der Waals surface area contributed by atoms with Crippen molar-refractivity contribution in [1.82, 2.24) is 4.98 Å². The molecule has 0 aliphatic carbocycles. The van der Waals surface area contributed by atoms with Crippen LogP contribution < -0.4 is 9.47 Å². The monoisotopic (exact) mass is 249 g/mol. The van der Waals surface area contributed by atoms with Gasteiger partial charge >= 0.3 is 0 Å². The average molecular weight is 250 g/mol. The maximum atomic E-state index is 5.94. The van der Waals surface area contributed by atoms with E-state index in [1.165, 1.54) is 0 Å². The van der Waals surface area contributed by atoms with Gasteiger partial charge in [0.05, 0.1) is 5.02 Å². The minimum absolute atomic E-state index is 0.431. The number of hydrogen-bond acceptors (Lipinski definition) is 3. The van der Waals surface area contributed by atoms with Gasteiger partial charge in [0.1, 0.15) is 19.0 Å². The van der Waals surface area contributed by atoms with Crippen molar-refractivity contribution >= 4 is 11.6 Å². The van der Waals surface area contributed by atoms with Crippen molar-refractivity contribution in [3.8, 4) is 11.6 Å². The summed E-state index contributed by atoms with van der Waals surface area (Å²) < 4.78 is 10.9. The van der Waals surface area contributed by atoms with Gasteiger partial charge < -0.3 is 9.47 Å². The molecule has 88 valence electrons. The van der Waals surface area contributed by atoms with E-state index in [1.54, 1.807) is 18.3 Å². The highest BCUT2D eigenvalue weighted by Crippen LogP contribution is 2.22. The van der Waals surface area contributed by atoms with Gasteiger partial charge in [-0.25, -0.2) is 4.98 Å². The molecule has 4 heteroatoms. The van der Waals surface area contributed by atoms with Crippen LogP contribution in [0.3, 0.4) is 0 Å². The molecule has 0 unspecified atom stereocenters. The molecule has 0 amide bonds. The summed E-state index contributed by atoms with van der Waals surface area (Å²) in [5, 5.41) is 0.602. The Kier molecular flexibility index (Phi) is 4.22. The van der Waals surface area contributed by atoms with Gasteiger partial charge in [-0.2, -0.15) is 0 Å². The summed E-state index contributed by atoms with van der Waals surface area (Å²) in [6, 6.07) is 12.9. The number of ether oxygens (including phenoxy) is 2. The zero-order chi connectivity index (χ0) is 11.9. The molecule has 2 rings (SSSR count). The number of halogens is 1. The lowest BCUT2D eigenvalue weighted by Gasteiger charge is -2.08. The molecule has 0 aliphatic heterocycles. The second-order valence-electron chi connectivity index (χ2n) is 3.30. The van der Waals surface area contributed by atoms with E-state index in [1.807, 2.05) is 30.3 Å². The third-order valence-corrected chi connectivity index (χ3v) is 2.38. The van der Waals surface area contributed by atoms with Crippen LogP contribution in [0.1, 0.15) is 0 Å². The molecular formula is C13H12ClNO2. The largest absolute Gasteiger partial charge is 0.488 e. The molecule has 1 aromatic carbocycles. The summed E-state index contributed by atoms with van der Waals surface area (Å²) in [6.07, 6.45) is 1.68. The molecule has 3 nitrogen and oxygen atoms in total. The normalized spacial score (nSPS) is 9.94. The fourth-order valence-electron chi connectivity index (χ4n) is 1.29. The predicted octanol–water partition coefficient (Wildman–Crippen LogP) is 3.19. The van der Waals surface area contributed by atoms with E-state index in [9.17, 15) is 0 Å². The molecule has 0 bridgehead atoms. The van der Waals surface area contributed by atoms with Gasteiger partial charge in [-0.3, -0.25) is 0 Å². The van der Waals surface area contributed by atoms with Crippen LogP contribution in [0, 0.1) is 0 Å². The minimum Gasteiger partial charge on any atom is -0.488 e. The van der Waals surface area contributed by atoms with Crippen molar-refractivity contribution in [2.75, 3.05) is 13.2 Å². The number of rotatable bonds is 5. The minimum atomic E-state index is 0.431. The maximum Gasteiger partial charge on any atom is 0.213 e. The molecule has 0 saturated heterocycles. The molecular weight excluding hydrogens is 238 g/mol. The van der Waals surface area contributed by atoms with Crippen LogP contribution in [0.2, 0.25) is 5.02 Å². The van der Waals surface area contributed by atoms with Crippen LogP contribution in [0.25, 0.3) is 0 Å². The predicted molar refractivity (Wildman–Crippen MR) is 66.7 cm³/mol. The molecule has 1 aromatic heterocycles. The lowest BCUT2D eigenvalue weighted by atomic mass is 10.3. The first-order valence-corrected chi connectivity index (χ1v) is 5.65. The Balaban J connectivity index is 1.76. The first-order valence-electron chi connectivity index (χ1n) is 5.27. The molecule has 2 aromatic rings. The summed E-state index contributed by atoms with van der Waals surface area (Å²) in [6.45, 7) is 0.864. The SMILES string of the molecule is Clc1ccccc1OCCOc1ccccn1. The van der Waals surface area contributed by atoms with Gasteiger partial charge in [-0.1, -0.05) is 29.8 Å². The Morgan fingerprint density at radius 3 is 2.47 bits per heavy atom. The lowest BCUT2D eigenvalue weighted by Crippen LogP contribution is -2.09. The Morgan fingerprint density at radius 2 is 1.71 bits per heavy atom. The summed E-state index contributed by atoms with van der Waals surface area (Å²) in [4.78, 5) is 4.04. The van der Waals surface area contributed by atoms with Crippen molar-refractivity contribution in [2.45, 2.75) is 0 Å². The van der Waals surface area contributed by atoms with Gasteiger partial charge in [0.25, 0.3) is 0 Å². The number of benzene rings is 1. The highest BCUT2D eigenvalue weighted by atomic mass is 35.5. The van der Waals surface area contributed by atoms with Crippen LogP contribution in [0.5, 0.6) is 11.6 Å². The fraction of sp³-hybridized carbons (Fsp3) is 0.154. The first-order chi connectivity index (χ1) is 8.36. The first kappa shape index (κ1) is 11.7. The van der Waals surface area contributed by atoms with Gasteiger partial charge in [-0.15, -0.1) is 0 Å². The summed E-state index contributed by atoms with van der Waals surface area (Å²) in [5.74, 6) is 1.26. The quantitative estimate of drug-likeness (QED) is 0.763. The maximum absolute atomic E-state index is 5.94. The van der Waals surface area contributed by atoms with E-state index < -0.39 is 0 Å². The summed E-state index contributed by atoms with van der Waals surface area (Å²) >= 11 is 5.94. The van der Waals surface area contributed by atoms with Crippen LogP contribution in [-0.2, 0) is 0 Å². The third kappa shape index (κ3) is 3.64. The standard InChI is InChI=1S/C13H12ClNO2/c14-11-5-1-2-6-12(11)16-9-10-17-13-7-3-4-8-15-13/h1-8H,9-10H2.